The van der Waals surface area contributed by atoms with E-state index in [0.717, 1.165) is 16.8 Å². The van der Waals surface area contributed by atoms with Gasteiger partial charge in [-0.2, -0.15) is 5.10 Å². The maximum Gasteiger partial charge on any atom is 0.262 e. The van der Waals surface area contributed by atoms with Gasteiger partial charge in [0, 0.05) is 28.8 Å². The van der Waals surface area contributed by atoms with E-state index in [1.54, 1.807) is 43.6 Å². The van der Waals surface area contributed by atoms with Crippen LogP contribution in [-0.2, 0) is 4.79 Å². The third-order valence-electron chi connectivity index (χ3n) is 5.22. The summed E-state index contributed by atoms with van der Waals surface area (Å²) in [6, 6.07) is 14.8. The van der Waals surface area contributed by atoms with Crippen LogP contribution in [0.15, 0.2) is 76.4 Å². The smallest absolute Gasteiger partial charge is 0.262 e. The highest BCUT2D eigenvalue weighted by atomic mass is 32.1. The van der Waals surface area contributed by atoms with E-state index in [-0.39, 0.29) is 12.5 Å². The summed E-state index contributed by atoms with van der Waals surface area (Å²) >= 11 is 1.44. The van der Waals surface area contributed by atoms with Crippen molar-refractivity contribution in [3.8, 4) is 28.5 Å². The van der Waals surface area contributed by atoms with Gasteiger partial charge in [-0.05, 0) is 42.5 Å². The Morgan fingerprint density at radius 2 is 2.09 bits per heavy atom. The number of nitrogens with one attached hydrogen (secondary N) is 1. The molecule has 1 amide bonds. The van der Waals surface area contributed by atoms with Gasteiger partial charge in [-0.15, -0.1) is 11.3 Å². The van der Waals surface area contributed by atoms with Crippen LogP contribution in [0, 0.1) is 0 Å². The van der Waals surface area contributed by atoms with Gasteiger partial charge in [0.2, 0.25) is 4.80 Å². The highest BCUT2D eigenvalue weighted by Crippen LogP contribution is 2.33. The van der Waals surface area contributed by atoms with Gasteiger partial charge in [0.05, 0.1) is 43.7 Å². The monoisotopic (exact) mass is 487 g/mol. The maximum atomic E-state index is 11.8. The predicted octanol–water partition coefficient (Wildman–Crippen LogP) is 4.07. The first-order chi connectivity index (χ1) is 17.1. The van der Waals surface area contributed by atoms with Crippen LogP contribution in [0.4, 0.5) is 11.4 Å². The molecule has 0 atom stereocenters. The average Bonchev–Trinajstić information content (AvgIpc) is 3.29. The standard InChI is InChI=1S/C25H21N5O4S/c1-32-19-7-5-17(23(11-19)33-2)12-27-30-21(15-35-25(30)28-18-4-3-9-26-13-18)16-6-8-22-20(10-16)29-24(31)14-34-22/h3-13,15H,14H2,1-2H3,(H,29,31). The summed E-state index contributed by atoms with van der Waals surface area (Å²) < 4.78 is 18.0. The summed E-state index contributed by atoms with van der Waals surface area (Å²) in [7, 11) is 3.20. The van der Waals surface area contributed by atoms with Gasteiger partial charge in [0.1, 0.15) is 17.2 Å². The molecule has 1 aliphatic rings. The predicted molar refractivity (Wildman–Crippen MR) is 134 cm³/mol. The summed E-state index contributed by atoms with van der Waals surface area (Å²) in [6.45, 7) is 0.00687. The molecule has 0 fully saturated rings. The van der Waals surface area contributed by atoms with Crippen LogP contribution in [-0.4, -0.2) is 42.6 Å². The topological polar surface area (TPSA) is 99.3 Å². The average molecular weight is 488 g/mol. The van der Waals surface area contributed by atoms with Crippen LogP contribution in [0.25, 0.3) is 11.3 Å². The lowest BCUT2D eigenvalue weighted by atomic mass is 10.1. The second kappa shape index (κ2) is 9.82. The SMILES string of the molecule is COc1ccc(C=Nn2c(-c3ccc4c(c3)NC(=O)CO4)csc2=Nc2cccnc2)c(OC)c1. The van der Waals surface area contributed by atoms with Crippen LogP contribution in [0.2, 0.25) is 0 Å². The zero-order valence-electron chi connectivity index (χ0n) is 19.0. The lowest BCUT2D eigenvalue weighted by Gasteiger charge is -2.18. The molecular weight excluding hydrogens is 466 g/mol. The largest absolute Gasteiger partial charge is 0.497 e. The zero-order chi connectivity index (χ0) is 24.2. The first-order valence-corrected chi connectivity index (χ1v) is 11.5. The minimum absolute atomic E-state index is 0.00687. The van der Waals surface area contributed by atoms with Gasteiger partial charge in [-0.25, -0.2) is 9.67 Å². The summed E-state index contributed by atoms with van der Waals surface area (Å²) in [4.78, 5) is 21.3. The van der Waals surface area contributed by atoms with Crippen LogP contribution in [0.1, 0.15) is 5.56 Å². The van der Waals surface area contributed by atoms with Gasteiger partial charge in [0.15, 0.2) is 6.61 Å². The van der Waals surface area contributed by atoms with Crippen LogP contribution in [0.5, 0.6) is 17.2 Å². The van der Waals surface area contributed by atoms with E-state index in [4.69, 9.17) is 24.3 Å². The molecule has 0 aliphatic carbocycles. The first-order valence-electron chi connectivity index (χ1n) is 10.6. The molecule has 10 heteroatoms. The molecule has 4 aromatic rings. The molecule has 1 aliphatic heterocycles. The lowest BCUT2D eigenvalue weighted by Crippen LogP contribution is -2.25. The number of anilines is 1. The molecule has 1 N–H and O–H groups in total. The number of aromatic nitrogens is 2. The second-order valence-corrected chi connectivity index (χ2v) is 8.28. The number of amides is 1. The number of nitrogens with zero attached hydrogens (tertiary/aromatic N) is 4. The van der Waals surface area contributed by atoms with Crippen molar-refractivity contribution in [2.45, 2.75) is 0 Å². The molecule has 35 heavy (non-hydrogen) atoms. The highest BCUT2D eigenvalue weighted by Gasteiger charge is 2.18. The fourth-order valence-corrected chi connectivity index (χ4v) is 4.36. The maximum absolute atomic E-state index is 11.8. The van der Waals surface area contributed by atoms with E-state index >= 15 is 0 Å². The Morgan fingerprint density at radius 3 is 2.89 bits per heavy atom. The normalized spacial score (nSPS) is 13.3. The van der Waals surface area contributed by atoms with Crippen molar-refractivity contribution < 1.29 is 19.0 Å². The fraction of sp³-hybridized carbons (Fsp3) is 0.120. The number of carbonyl (C=O) groups excluding carboxylic acids is 1. The summed E-state index contributed by atoms with van der Waals surface area (Å²) in [5, 5.41) is 9.56. The Kier molecular flexibility index (Phi) is 6.27. The number of hydrogen-bond acceptors (Lipinski definition) is 8. The quantitative estimate of drug-likeness (QED) is 0.413. The Balaban J connectivity index is 1.62. The number of pyridine rings is 1. The van der Waals surface area contributed by atoms with Gasteiger partial charge >= 0.3 is 0 Å². The van der Waals surface area contributed by atoms with Gasteiger partial charge in [-0.3, -0.25) is 9.78 Å². The van der Waals surface area contributed by atoms with Gasteiger partial charge in [-0.1, -0.05) is 0 Å². The molecule has 2 aromatic heterocycles. The number of fused-ring (bicyclic) bond motifs is 1. The van der Waals surface area contributed by atoms with E-state index in [1.165, 1.54) is 11.3 Å². The van der Waals surface area contributed by atoms with Crippen LogP contribution in [0.3, 0.4) is 0 Å². The minimum Gasteiger partial charge on any atom is -0.497 e. The van der Waals surface area contributed by atoms with E-state index in [1.807, 2.05) is 47.8 Å². The Morgan fingerprint density at radius 1 is 1.17 bits per heavy atom. The number of ether oxygens (including phenoxy) is 3. The van der Waals surface area contributed by atoms with Crippen molar-refractivity contribution in [2.75, 3.05) is 26.1 Å². The third-order valence-corrected chi connectivity index (χ3v) is 6.03. The summed E-state index contributed by atoms with van der Waals surface area (Å²) in [5.41, 5.74) is 3.73. The van der Waals surface area contributed by atoms with Crippen LogP contribution < -0.4 is 24.3 Å². The van der Waals surface area contributed by atoms with E-state index in [0.29, 0.717) is 33.4 Å². The summed E-state index contributed by atoms with van der Waals surface area (Å²) in [6.07, 6.45) is 5.09. The molecule has 0 radical (unpaired) electrons. The van der Waals surface area contributed by atoms with E-state index in [2.05, 4.69) is 10.3 Å². The molecule has 9 nitrogen and oxygen atoms in total. The lowest BCUT2D eigenvalue weighted by molar-refractivity contribution is -0.118. The Labute approximate surface area is 205 Å². The first kappa shape index (κ1) is 22.4. The number of thiazole rings is 1. The van der Waals surface area contributed by atoms with Crippen molar-refractivity contribution >= 4 is 34.8 Å². The zero-order valence-corrected chi connectivity index (χ0v) is 19.8. The number of benzene rings is 2. The molecule has 0 saturated carbocycles. The fourth-order valence-electron chi connectivity index (χ4n) is 3.50. The number of carbonyl (C=O) groups is 1. The third kappa shape index (κ3) is 4.78. The number of rotatable bonds is 6. The Bertz CT molecular complexity index is 1480. The van der Waals surface area contributed by atoms with Crippen molar-refractivity contribution in [1.29, 1.82) is 0 Å². The molecule has 0 bridgehead atoms. The van der Waals surface area contributed by atoms with Crippen molar-refractivity contribution in [2.24, 2.45) is 10.1 Å². The molecule has 2 aromatic carbocycles. The van der Waals surface area contributed by atoms with Crippen molar-refractivity contribution in [3.63, 3.8) is 0 Å². The summed E-state index contributed by atoms with van der Waals surface area (Å²) in [5.74, 6) is 1.75. The van der Waals surface area contributed by atoms with Crippen molar-refractivity contribution in [3.05, 3.63) is 76.7 Å². The molecule has 176 valence electrons. The molecule has 3 heterocycles. The number of methoxy groups -OCH3 is 2. The minimum atomic E-state index is -0.190. The second-order valence-electron chi connectivity index (χ2n) is 7.44. The van der Waals surface area contributed by atoms with Crippen LogP contribution >= 0.6 is 11.3 Å². The van der Waals surface area contributed by atoms with Crippen molar-refractivity contribution in [1.82, 2.24) is 9.66 Å². The van der Waals surface area contributed by atoms with E-state index in [9.17, 15) is 4.79 Å². The van der Waals surface area contributed by atoms with Gasteiger partial charge < -0.3 is 19.5 Å². The molecule has 0 unspecified atom stereocenters. The molecule has 5 rings (SSSR count). The highest BCUT2D eigenvalue weighted by molar-refractivity contribution is 7.07. The van der Waals surface area contributed by atoms with E-state index < -0.39 is 0 Å². The Hall–Kier alpha value is -4.44. The molecule has 0 saturated heterocycles. The number of hydrogen-bond donors (Lipinski definition) is 1. The van der Waals surface area contributed by atoms with Gasteiger partial charge in [0.25, 0.3) is 5.91 Å². The molecule has 0 spiro atoms. The molecular formula is C25H21N5O4S.